The van der Waals surface area contributed by atoms with E-state index in [1.54, 1.807) is 6.20 Å². The summed E-state index contributed by atoms with van der Waals surface area (Å²) in [6.07, 6.45) is 1.74. The normalized spacial score (nSPS) is 11.3. The largest absolute Gasteiger partial charge is 0.384 e. The molecule has 0 unspecified atom stereocenters. The van der Waals surface area contributed by atoms with Gasteiger partial charge in [0.25, 0.3) is 0 Å². The second-order valence-corrected chi connectivity index (χ2v) is 4.93. The Labute approximate surface area is 110 Å². The minimum atomic E-state index is 0.561. The number of nitrogens with two attached hydrogens (primary N) is 1. The van der Waals surface area contributed by atoms with Crippen molar-refractivity contribution in [3.63, 3.8) is 0 Å². The van der Waals surface area contributed by atoms with Gasteiger partial charge in [0.1, 0.15) is 5.82 Å². The summed E-state index contributed by atoms with van der Waals surface area (Å²) in [7, 11) is 0. The van der Waals surface area contributed by atoms with Crippen molar-refractivity contribution >= 4 is 11.5 Å². The Morgan fingerprint density at radius 1 is 1.28 bits per heavy atom. The van der Waals surface area contributed by atoms with Crippen molar-refractivity contribution < 1.29 is 0 Å². The monoisotopic (exact) mass is 251 g/mol. The van der Waals surface area contributed by atoms with E-state index in [0.29, 0.717) is 17.9 Å². The molecule has 0 aliphatic rings. The number of nitrogens with zero attached hydrogens (tertiary/aromatic N) is 2. The molecule has 102 valence electrons. The smallest absolute Gasteiger partial charge is 0.141 e. The predicted octanol–water partition coefficient (Wildman–Crippen LogP) is 1.90. The number of pyridine rings is 1. The molecule has 0 bridgehead atoms. The molecule has 0 aliphatic heterocycles. The van der Waals surface area contributed by atoms with Crippen molar-refractivity contribution in [1.82, 2.24) is 9.88 Å². The lowest BCUT2D eigenvalue weighted by Gasteiger charge is -2.30. The molecule has 0 atom stereocenters. The summed E-state index contributed by atoms with van der Waals surface area (Å²) < 4.78 is 0. The van der Waals surface area contributed by atoms with E-state index in [0.717, 1.165) is 18.8 Å². The van der Waals surface area contributed by atoms with Crippen LogP contribution in [0.1, 0.15) is 27.7 Å². The molecule has 0 aliphatic carbocycles. The Hall–Kier alpha value is -1.33. The molecule has 0 radical (unpaired) electrons. The standard InChI is InChI=1S/C13H25N5/c1-10(2)18(11(3)4)8-7-15-12-5-6-16-13(9-12)17-14/h5-6,9-11H,7-8,14H2,1-4H3,(H2,15,16,17). The van der Waals surface area contributed by atoms with Gasteiger partial charge in [0, 0.05) is 43.1 Å². The molecular formula is C13H25N5. The summed E-state index contributed by atoms with van der Waals surface area (Å²) in [5, 5.41) is 3.38. The van der Waals surface area contributed by atoms with E-state index in [9.17, 15) is 0 Å². The van der Waals surface area contributed by atoms with Gasteiger partial charge in [-0.3, -0.25) is 4.90 Å². The molecule has 0 spiro atoms. The molecule has 0 amide bonds. The maximum atomic E-state index is 5.33. The van der Waals surface area contributed by atoms with Crippen molar-refractivity contribution in [3.8, 4) is 0 Å². The van der Waals surface area contributed by atoms with Gasteiger partial charge in [-0.15, -0.1) is 0 Å². The number of hydrazine groups is 1. The van der Waals surface area contributed by atoms with E-state index >= 15 is 0 Å². The number of hydrogen-bond acceptors (Lipinski definition) is 5. The van der Waals surface area contributed by atoms with Gasteiger partial charge in [0.2, 0.25) is 0 Å². The minimum Gasteiger partial charge on any atom is -0.384 e. The first-order valence-electron chi connectivity index (χ1n) is 6.47. The first kappa shape index (κ1) is 14.7. The van der Waals surface area contributed by atoms with Crippen LogP contribution in [0.5, 0.6) is 0 Å². The van der Waals surface area contributed by atoms with Crippen LogP contribution in [0.25, 0.3) is 0 Å². The Balaban J connectivity index is 2.44. The maximum Gasteiger partial charge on any atom is 0.141 e. The fraction of sp³-hybridized carbons (Fsp3) is 0.615. The molecule has 4 N–H and O–H groups in total. The predicted molar refractivity (Wildman–Crippen MR) is 77.5 cm³/mol. The third kappa shape index (κ3) is 4.50. The molecule has 1 heterocycles. The third-order valence-corrected chi connectivity index (χ3v) is 2.93. The molecule has 5 nitrogen and oxygen atoms in total. The highest BCUT2D eigenvalue weighted by Gasteiger charge is 2.12. The van der Waals surface area contributed by atoms with Crippen molar-refractivity contribution in [2.24, 2.45) is 5.84 Å². The van der Waals surface area contributed by atoms with Crippen LogP contribution in [0.4, 0.5) is 11.5 Å². The average molecular weight is 251 g/mol. The van der Waals surface area contributed by atoms with E-state index in [1.807, 2.05) is 12.1 Å². The van der Waals surface area contributed by atoms with Crippen LogP contribution in [-0.4, -0.2) is 35.1 Å². The molecule has 0 saturated heterocycles. The van der Waals surface area contributed by atoms with Crippen molar-refractivity contribution in [1.29, 1.82) is 0 Å². The van der Waals surface area contributed by atoms with E-state index in [1.165, 1.54) is 0 Å². The summed E-state index contributed by atoms with van der Waals surface area (Å²) in [6, 6.07) is 4.96. The van der Waals surface area contributed by atoms with Crippen molar-refractivity contribution in [2.45, 2.75) is 39.8 Å². The number of nitrogen functional groups attached to an aromatic ring is 1. The van der Waals surface area contributed by atoms with Crippen LogP contribution in [0.15, 0.2) is 18.3 Å². The number of rotatable bonds is 7. The lowest BCUT2D eigenvalue weighted by Crippen LogP contribution is -2.40. The molecule has 18 heavy (non-hydrogen) atoms. The van der Waals surface area contributed by atoms with Crippen LogP contribution in [0.3, 0.4) is 0 Å². The molecule has 0 aromatic carbocycles. The number of hydrogen-bond donors (Lipinski definition) is 3. The van der Waals surface area contributed by atoms with E-state index < -0.39 is 0 Å². The number of anilines is 2. The lowest BCUT2D eigenvalue weighted by molar-refractivity contribution is 0.182. The van der Waals surface area contributed by atoms with E-state index in [-0.39, 0.29) is 0 Å². The van der Waals surface area contributed by atoms with Crippen molar-refractivity contribution in [2.75, 3.05) is 23.8 Å². The van der Waals surface area contributed by atoms with Crippen LogP contribution in [0.2, 0.25) is 0 Å². The van der Waals surface area contributed by atoms with Crippen LogP contribution < -0.4 is 16.6 Å². The molecule has 0 fully saturated rings. The van der Waals surface area contributed by atoms with Gasteiger partial charge in [-0.25, -0.2) is 10.8 Å². The van der Waals surface area contributed by atoms with Gasteiger partial charge < -0.3 is 10.7 Å². The highest BCUT2D eigenvalue weighted by Crippen LogP contribution is 2.11. The summed E-state index contributed by atoms with van der Waals surface area (Å²) >= 11 is 0. The second-order valence-electron chi connectivity index (χ2n) is 4.93. The summed E-state index contributed by atoms with van der Waals surface area (Å²) in [6.45, 7) is 10.8. The zero-order valence-corrected chi connectivity index (χ0v) is 11.8. The zero-order valence-electron chi connectivity index (χ0n) is 11.8. The van der Waals surface area contributed by atoms with Gasteiger partial charge in [-0.1, -0.05) is 0 Å². The number of aromatic nitrogens is 1. The topological polar surface area (TPSA) is 66.2 Å². The Morgan fingerprint density at radius 2 is 1.94 bits per heavy atom. The summed E-state index contributed by atoms with van der Waals surface area (Å²) in [4.78, 5) is 6.53. The molecular weight excluding hydrogens is 226 g/mol. The van der Waals surface area contributed by atoms with Crippen LogP contribution in [0, 0.1) is 0 Å². The quantitative estimate of drug-likeness (QED) is 0.510. The van der Waals surface area contributed by atoms with Gasteiger partial charge in [-0.05, 0) is 33.8 Å². The fourth-order valence-corrected chi connectivity index (χ4v) is 2.06. The highest BCUT2D eigenvalue weighted by atomic mass is 15.2. The van der Waals surface area contributed by atoms with Crippen LogP contribution >= 0.6 is 0 Å². The molecule has 1 rings (SSSR count). The van der Waals surface area contributed by atoms with Gasteiger partial charge in [0.05, 0.1) is 0 Å². The van der Waals surface area contributed by atoms with E-state index in [4.69, 9.17) is 5.84 Å². The Morgan fingerprint density at radius 3 is 2.50 bits per heavy atom. The van der Waals surface area contributed by atoms with Gasteiger partial charge in [0.15, 0.2) is 0 Å². The molecule has 1 aromatic rings. The first-order chi connectivity index (χ1) is 8.54. The average Bonchev–Trinajstić information content (AvgIpc) is 2.34. The number of nitrogens with one attached hydrogen (secondary N) is 2. The third-order valence-electron chi connectivity index (χ3n) is 2.93. The summed E-state index contributed by atoms with van der Waals surface area (Å²) in [5.74, 6) is 6.00. The van der Waals surface area contributed by atoms with Crippen LogP contribution in [-0.2, 0) is 0 Å². The van der Waals surface area contributed by atoms with Gasteiger partial charge >= 0.3 is 0 Å². The van der Waals surface area contributed by atoms with Gasteiger partial charge in [-0.2, -0.15) is 0 Å². The first-order valence-corrected chi connectivity index (χ1v) is 6.47. The van der Waals surface area contributed by atoms with Crippen molar-refractivity contribution in [3.05, 3.63) is 18.3 Å². The fourth-order valence-electron chi connectivity index (χ4n) is 2.06. The Kier molecular flexibility index (Phi) is 5.88. The zero-order chi connectivity index (χ0) is 13.5. The SMILES string of the molecule is CC(C)N(CCNc1ccnc(NN)c1)C(C)C. The maximum absolute atomic E-state index is 5.33. The molecule has 1 aromatic heterocycles. The second kappa shape index (κ2) is 7.18. The Bertz CT molecular complexity index is 343. The lowest BCUT2D eigenvalue weighted by atomic mass is 10.2. The molecule has 5 heteroatoms. The summed E-state index contributed by atoms with van der Waals surface area (Å²) in [5.41, 5.74) is 3.57. The van der Waals surface area contributed by atoms with E-state index in [2.05, 4.69) is 48.3 Å². The highest BCUT2D eigenvalue weighted by molar-refractivity contribution is 5.51. The minimum absolute atomic E-state index is 0.561. The molecule has 0 saturated carbocycles.